The molecule has 0 heterocycles. The van der Waals surface area contributed by atoms with Crippen molar-refractivity contribution in [1.82, 2.24) is 4.31 Å². The summed E-state index contributed by atoms with van der Waals surface area (Å²) in [4.78, 5) is -0.184. The molecule has 0 atom stereocenters. The van der Waals surface area contributed by atoms with Crippen molar-refractivity contribution in [2.24, 2.45) is 11.8 Å². The van der Waals surface area contributed by atoms with Gasteiger partial charge in [0, 0.05) is 13.1 Å². The molecule has 0 radical (unpaired) electrons. The predicted molar refractivity (Wildman–Crippen MR) is 70.6 cm³/mol. The van der Waals surface area contributed by atoms with E-state index in [1.165, 1.54) is 22.5 Å². The molecule has 2 fully saturated rings. The average Bonchev–Trinajstić information content (AvgIpc) is 3.23. The van der Waals surface area contributed by atoms with Gasteiger partial charge in [0.15, 0.2) is 0 Å². The van der Waals surface area contributed by atoms with Crippen LogP contribution in [0.15, 0.2) is 29.2 Å². The summed E-state index contributed by atoms with van der Waals surface area (Å²) in [6.45, 7) is 1.10. The van der Waals surface area contributed by atoms with Crippen molar-refractivity contribution >= 4 is 10.0 Å². The van der Waals surface area contributed by atoms with Crippen LogP contribution in [0.3, 0.4) is 0 Å². The van der Waals surface area contributed by atoms with Crippen LogP contribution in [0.1, 0.15) is 25.7 Å². The summed E-state index contributed by atoms with van der Waals surface area (Å²) in [6, 6.07) is 5.65. The minimum atomic E-state index is -3.68. The number of rotatable bonds is 6. The Morgan fingerprint density at radius 1 is 1.05 bits per heavy atom. The van der Waals surface area contributed by atoms with E-state index in [1.807, 2.05) is 0 Å². The van der Waals surface area contributed by atoms with E-state index in [1.54, 1.807) is 6.07 Å². The third-order valence-corrected chi connectivity index (χ3v) is 5.64. The predicted octanol–water partition coefficient (Wildman–Crippen LogP) is 2.64. The van der Waals surface area contributed by atoms with Crippen molar-refractivity contribution in [3.63, 3.8) is 0 Å². The van der Waals surface area contributed by atoms with Gasteiger partial charge in [0.1, 0.15) is 10.7 Å². The zero-order chi connectivity index (χ0) is 13.5. The number of hydrogen-bond acceptors (Lipinski definition) is 2. The lowest BCUT2D eigenvalue weighted by atomic mass is 10.3. The summed E-state index contributed by atoms with van der Waals surface area (Å²) < 4.78 is 40.4. The zero-order valence-corrected chi connectivity index (χ0v) is 11.6. The first-order chi connectivity index (χ1) is 9.07. The summed E-state index contributed by atoms with van der Waals surface area (Å²) in [5.41, 5.74) is 0. The third-order valence-electron chi connectivity index (χ3n) is 3.77. The van der Waals surface area contributed by atoms with Gasteiger partial charge >= 0.3 is 0 Å². The molecule has 104 valence electrons. The highest BCUT2D eigenvalue weighted by Gasteiger charge is 2.36. The first-order valence-electron chi connectivity index (χ1n) is 6.82. The molecule has 19 heavy (non-hydrogen) atoms. The average molecular weight is 283 g/mol. The SMILES string of the molecule is O=S(=O)(c1ccccc1F)N(CC1CC1)CC1CC1. The fraction of sp³-hybridized carbons (Fsp3) is 0.571. The minimum Gasteiger partial charge on any atom is -0.207 e. The second kappa shape index (κ2) is 4.87. The van der Waals surface area contributed by atoms with Crippen LogP contribution in [0.2, 0.25) is 0 Å². The molecule has 2 aliphatic rings. The van der Waals surface area contributed by atoms with E-state index in [4.69, 9.17) is 0 Å². The van der Waals surface area contributed by atoms with Crippen molar-refractivity contribution in [2.45, 2.75) is 30.6 Å². The van der Waals surface area contributed by atoms with Crippen molar-refractivity contribution in [3.8, 4) is 0 Å². The Kier molecular flexibility index (Phi) is 3.35. The maximum atomic E-state index is 13.7. The van der Waals surface area contributed by atoms with Gasteiger partial charge in [-0.3, -0.25) is 0 Å². The standard InChI is InChI=1S/C14H18FNO2S/c15-13-3-1-2-4-14(13)19(17,18)16(9-11-5-6-11)10-12-7-8-12/h1-4,11-12H,5-10H2. The Bertz CT molecular complexity index is 551. The van der Waals surface area contributed by atoms with Crippen molar-refractivity contribution < 1.29 is 12.8 Å². The quantitative estimate of drug-likeness (QED) is 0.805. The maximum absolute atomic E-state index is 13.7. The molecule has 1 aromatic carbocycles. The highest BCUT2D eigenvalue weighted by Crippen LogP contribution is 2.36. The largest absolute Gasteiger partial charge is 0.246 e. The summed E-state index contributed by atoms with van der Waals surface area (Å²) in [6.07, 6.45) is 4.36. The minimum absolute atomic E-state index is 0.184. The molecule has 0 unspecified atom stereocenters. The monoisotopic (exact) mass is 283 g/mol. The van der Waals surface area contributed by atoms with Crippen molar-refractivity contribution in [2.75, 3.05) is 13.1 Å². The fourth-order valence-corrected chi connectivity index (χ4v) is 3.90. The number of sulfonamides is 1. The summed E-state index contributed by atoms with van der Waals surface area (Å²) in [5.74, 6) is 0.291. The Balaban J connectivity index is 1.87. The van der Waals surface area contributed by atoms with Gasteiger partial charge in [-0.15, -0.1) is 0 Å². The molecule has 2 aliphatic carbocycles. The number of halogens is 1. The van der Waals surface area contributed by atoms with Gasteiger partial charge in [-0.1, -0.05) is 12.1 Å². The molecule has 0 aliphatic heterocycles. The lowest BCUT2D eigenvalue weighted by Gasteiger charge is -2.22. The Morgan fingerprint density at radius 3 is 2.05 bits per heavy atom. The van der Waals surface area contributed by atoms with E-state index < -0.39 is 15.8 Å². The van der Waals surface area contributed by atoms with Crippen molar-refractivity contribution in [1.29, 1.82) is 0 Å². The summed E-state index contributed by atoms with van der Waals surface area (Å²) >= 11 is 0. The molecule has 0 bridgehead atoms. The van der Waals surface area contributed by atoms with E-state index in [9.17, 15) is 12.8 Å². The molecule has 0 amide bonds. The van der Waals surface area contributed by atoms with Gasteiger partial charge in [0.05, 0.1) is 0 Å². The van der Waals surface area contributed by atoms with Gasteiger partial charge in [-0.05, 0) is 49.7 Å². The van der Waals surface area contributed by atoms with E-state index >= 15 is 0 Å². The molecule has 0 saturated heterocycles. The van der Waals surface area contributed by atoms with Gasteiger partial charge in [-0.2, -0.15) is 4.31 Å². The molecule has 0 N–H and O–H groups in total. The molecule has 2 saturated carbocycles. The molecular weight excluding hydrogens is 265 g/mol. The van der Waals surface area contributed by atoms with E-state index in [2.05, 4.69) is 0 Å². The normalized spacial score (nSPS) is 19.9. The Morgan fingerprint density at radius 2 is 1.58 bits per heavy atom. The first-order valence-corrected chi connectivity index (χ1v) is 8.26. The number of hydrogen-bond donors (Lipinski definition) is 0. The van der Waals surface area contributed by atoms with Crippen LogP contribution in [0.4, 0.5) is 4.39 Å². The topological polar surface area (TPSA) is 37.4 Å². The highest BCUT2D eigenvalue weighted by atomic mass is 32.2. The molecular formula is C14H18FNO2S. The van der Waals surface area contributed by atoms with Crippen LogP contribution < -0.4 is 0 Å². The molecule has 0 spiro atoms. The second-order valence-corrected chi connectivity index (χ2v) is 7.55. The van der Waals surface area contributed by atoms with Crippen LogP contribution >= 0.6 is 0 Å². The zero-order valence-electron chi connectivity index (χ0n) is 10.8. The van der Waals surface area contributed by atoms with Crippen LogP contribution in [0.5, 0.6) is 0 Å². The fourth-order valence-electron chi connectivity index (χ4n) is 2.24. The number of benzene rings is 1. The first kappa shape index (κ1) is 13.1. The molecule has 0 aromatic heterocycles. The van der Waals surface area contributed by atoms with E-state index in [-0.39, 0.29) is 4.90 Å². The number of nitrogens with zero attached hydrogens (tertiary/aromatic N) is 1. The highest BCUT2D eigenvalue weighted by molar-refractivity contribution is 7.89. The molecule has 3 nitrogen and oxygen atoms in total. The van der Waals surface area contributed by atoms with E-state index in [0.29, 0.717) is 24.9 Å². The van der Waals surface area contributed by atoms with Crippen molar-refractivity contribution in [3.05, 3.63) is 30.1 Å². The maximum Gasteiger partial charge on any atom is 0.246 e. The molecule has 1 aromatic rings. The summed E-state index contributed by atoms with van der Waals surface area (Å²) in [7, 11) is -3.68. The lowest BCUT2D eigenvalue weighted by Crippen LogP contribution is -2.35. The van der Waals surface area contributed by atoms with Gasteiger partial charge in [-0.25, -0.2) is 12.8 Å². The van der Waals surface area contributed by atoms with Crippen LogP contribution in [0.25, 0.3) is 0 Å². The van der Waals surface area contributed by atoms with Gasteiger partial charge in [0.2, 0.25) is 10.0 Å². The Labute approximate surface area is 113 Å². The van der Waals surface area contributed by atoms with Crippen LogP contribution in [-0.2, 0) is 10.0 Å². The smallest absolute Gasteiger partial charge is 0.207 e. The molecule has 5 heteroatoms. The summed E-state index contributed by atoms with van der Waals surface area (Å²) in [5, 5.41) is 0. The van der Waals surface area contributed by atoms with Crippen LogP contribution in [-0.4, -0.2) is 25.8 Å². The van der Waals surface area contributed by atoms with Crippen LogP contribution in [0, 0.1) is 17.7 Å². The van der Waals surface area contributed by atoms with Gasteiger partial charge in [0.25, 0.3) is 0 Å². The van der Waals surface area contributed by atoms with E-state index in [0.717, 1.165) is 25.7 Å². The Hall–Kier alpha value is -0.940. The second-order valence-electron chi connectivity index (χ2n) is 5.64. The lowest BCUT2D eigenvalue weighted by molar-refractivity contribution is 0.379. The molecule has 3 rings (SSSR count). The van der Waals surface area contributed by atoms with Gasteiger partial charge < -0.3 is 0 Å². The third kappa shape index (κ3) is 2.98.